The van der Waals surface area contributed by atoms with Crippen molar-refractivity contribution in [3.05, 3.63) is 107 Å². The number of hydrogen-bond donors (Lipinski definition) is 1. The second kappa shape index (κ2) is 10.4. The molecular weight excluding hydrogens is 552 g/mol. The maximum Gasteiger partial charge on any atom is 0.262 e. The summed E-state index contributed by atoms with van der Waals surface area (Å²) in [5.74, 6) is -1.42. The van der Waals surface area contributed by atoms with Gasteiger partial charge in [-0.3, -0.25) is 39.2 Å². The molecule has 8 heteroatoms. The van der Waals surface area contributed by atoms with Gasteiger partial charge in [-0.15, -0.1) is 0 Å². The minimum absolute atomic E-state index is 0.349. The van der Waals surface area contributed by atoms with Gasteiger partial charge >= 0.3 is 0 Å². The zero-order valence-corrected chi connectivity index (χ0v) is 25.0. The summed E-state index contributed by atoms with van der Waals surface area (Å²) < 4.78 is 0. The van der Waals surface area contributed by atoms with Crippen LogP contribution in [0, 0.1) is 0 Å². The van der Waals surface area contributed by atoms with Crippen molar-refractivity contribution in [2.45, 2.75) is 45.7 Å². The van der Waals surface area contributed by atoms with Gasteiger partial charge in [0.1, 0.15) is 0 Å². The van der Waals surface area contributed by atoms with Crippen molar-refractivity contribution in [1.82, 2.24) is 20.0 Å². The molecule has 0 radical (unpaired) electrons. The van der Waals surface area contributed by atoms with E-state index in [0.717, 1.165) is 21.5 Å². The molecule has 44 heavy (non-hydrogen) atoms. The number of nitrogens with zero attached hydrogens (tertiary/aromatic N) is 3. The first-order valence-electron chi connectivity index (χ1n) is 14.9. The molecule has 5 aromatic carbocycles. The molecule has 4 amide bonds. The second-order valence-electron chi connectivity index (χ2n) is 11.6. The van der Waals surface area contributed by atoms with E-state index in [4.69, 9.17) is 0 Å². The number of rotatable bonds is 7. The van der Waals surface area contributed by atoms with Crippen molar-refractivity contribution in [3.8, 4) is 0 Å². The van der Waals surface area contributed by atoms with Crippen LogP contribution in [0.1, 0.15) is 68.6 Å². The molecule has 0 spiro atoms. The molecule has 0 saturated heterocycles. The number of imide groups is 2. The van der Waals surface area contributed by atoms with Gasteiger partial charge in [0.25, 0.3) is 23.6 Å². The Morgan fingerprint density at radius 1 is 0.636 bits per heavy atom. The van der Waals surface area contributed by atoms with Crippen LogP contribution in [0.2, 0.25) is 0 Å². The Labute approximate surface area is 254 Å². The lowest BCUT2D eigenvalue weighted by Gasteiger charge is -2.42. The van der Waals surface area contributed by atoms with Crippen LogP contribution in [-0.4, -0.2) is 63.9 Å². The Hall–Kier alpha value is -4.92. The van der Waals surface area contributed by atoms with Crippen LogP contribution in [-0.2, 0) is 0 Å². The highest BCUT2D eigenvalue weighted by atomic mass is 16.2. The Kier molecular flexibility index (Phi) is 6.57. The second-order valence-corrected chi connectivity index (χ2v) is 11.6. The van der Waals surface area contributed by atoms with Crippen LogP contribution < -0.4 is 5.32 Å². The van der Waals surface area contributed by atoms with Crippen LogP contribution in [0.5, 0.6) is 0 Å². The van der Waals surface area contributed by atoms with Crippen molar-refractivity contribution in [3.63, 3.8) is 0 Å². The SMILES string of the molecule is CCC(NC(C)N1C(=O)c2cccc3cccc(c23)C1=O)N(C)C(C)N1C(=O)c2cccc3c2c(cc2ccccc23)C1=O. The Morgan fingerprint density at radius 3 is 1.82 bits per heavy atom. The summed E-state index contributed by atoms with van der Waals surface area (Å²) in [4.78, 5) is 59.7. The van der Waals surface area contributed by atoms with Crippen LogP contribution in [0.25, 0.3) is 32.3 Å². The summed E-state index contributed by atoms with van der Waals surface area (Å²) in [7, 11) is 1.84. The Balaban J connectivity index is 1.18. The largest absolute Gasteiger partial charge is 0.281 e. The van der Waals surface area contributed by atoms with Crippen molar-refractivity contribution in [2.24, 2.45) is 0 Å². The molecule has 2 heterocycles. The van der Waals surface area contributed by atoms with E-state index in [1.807, 2.05) is 92.5 Å². The monoisotopic (exact) mass is 584 g/mol. The Morgan fingerprint density at radius 2 is 1.16 bits per heavy atom. The van der Waals surface area contributed by atoms with Gasteiger partial charge in [-0.1, -0.05) is 67.6 Å². The van der Waals surface area contributed by atoms with E-state index in [0.29, 0.717) is 39.4 Å². The molecule has 7 rings (SSSR count). The highest BCUT2D eigenvalue weighted by molar-refractivity contribution is 6.29. The van der Waals surface area contributed by atoms with E-state index in [9.17, 15) is 19.2 Å². The highest BCUT2D eigenvalue weighted by Gasteiger charge is 2.40. The molecule has 0 aromatic heterocycles. The first-order chi connectivity index (χ1) is 21.2. The average Bonchev–Trinajstić information content (AvgIpc) is 3.04. The predicted octanol–water partition coefficient (Wildman–Crippen LogP) is 5.99. The lowest BCUT2D eigenvalue weighted by molar-refractivity contribution is 0.0153. The number of carbonyl (C=O) groups is 4. The molecule has 3 unspecified atom stereocenters. The third-order valence-corrected chi connectivity index (χ3v) is 9.25. The van der Waals surface area contributed by atoms with Gasteiger partial charge in [0.05, 0.1) is 18.5 Å². The zero-order valence-electron chi connectivity index (χ0n) is 25.0. The van der Waals surface area contributed by atoms with Crippen LogP contribution in [0.4, 0.5) is 0 Å². The van der Waals surface area contributed by atoms with Crippen molar-refractivity contribution < 1.29 is 19.2 Å². The lowest BCUT2D eigenvalue weighted by Crippen LogP contribution is -2.61. The zero-order chi connectivity index (χ0) is 30.9. The standard InChI is InChI=1S/C36H32N4O4/c1-5-30(37-20(2)39-33(41)26-16-8-12-22-13-9-17-27(31(22)26)34(39)42)38(4)21(3)40-35(43)28-18-10-15-25-24-14-7-6-11-23(24)19-29(32(25)28)36(40)44/h6-21,30,37H,5H2,1-4H3. The van der Waals surface area contributed by atoms with Gasteiger partial charge in [-0.2, -0.15) is 0 Å². The summed E-state index contributed by atoms with van der Waals surface area (Å²) >= 11 is 0. The van der Waals surface area contributed by atoms with Crippen molar-refractivity contribution in [2.75, 3.05) is 7.05 Å². The van der Waals surface area contributed by atoms with Gasteiger partial charge in [-0.05, 0) is 73.1 Å². The summed E-state index contributed by atoms with van der Waals surface area (Å²) in [6.07, 6.45) is -1.08. The van der Waals surface area contributed by atoms with E-state index in [-0.39, 0.29) is 29.8 Å². The number of fused-ring (bicyclic) bond motifs is 2. The molecule has 8 nitrogen and oxygen atoms in total. The van der Waals surface area contributed by atoms with Gasteiger partial charge < -0.3 is 0 Å². The fraction of sp³-hybridized carbons (Fsp3) is 0.222. The number of carbonyl (C=O) groups excluding carboxylic acids is 4. The molecule has 0 saturated carbocycles. The third-order valence-electron chi connectivity index (χ3n) is 9.25. The molecule has 1 N–H and O–H groups in total. The van der Waals surface area contributed by atoms with Crippen LogP contribution in [0.15, 0.2) is 84.9 Å². The summed E-state index contributed by atoms with van der Waals surface area (Å²) in [6, 6.07) is 26.3. The number of benzene rings is 5. The normalized spacial score (nSPS) is 16.8. The van der Waals surface area contributed by atoms with Crippen molar-refractivity contribution >= 4 is 55.9 Å². The van der Waals surface area contributed by atoms with E-state index < -0.39 is 12.3 Å². The lowest BCUT2D eigenvalue weighted by atomic mass is 9.90. The fourth-order valence-corrected chi connectivity index (χ4v) is 6.92. The first-order valence-corrected chi connectivity index (χ1v) is 14.9. The summed E-state index contributed by atoms with van der Waals surface area (Å²) in [6.45, 7) is 5.58. The molecular formula is C36H32N4O4. The maximum absolute atomic E-state index is 14.0. The molecule has 2 aliphatic rings. The van der Waals surface area contributed by atoms with Crippen LogP contribution in [0.3, 0.4) is 0 Å². The molecule has 0 fully saturated rings. The molecule has 5 aromatic rings. The minimum atomic E-state index is -0.660. The van der Waals surface area contributed by atoms with Gasteiger partial charge in [0.2, 0.25) is 0 Å². The van der Waals surface area contributed by atoms with E-state index in [2.05, 4.69) is 5.32 Å². The minimum Gasteiger partial charge on any atom is -0.281 e. The van der Waals surface area contributed by atoms with Gasteiger partial charge in [0.15, 0.2) is 0 Å². The molecule has 0 aliphatic carbocycles. The quantitative estimate of drug-likeness (QED) is 0.144. The van der Waals surface area contributed by atoms with E-state index in [1.54, 1.807) is 25.1 Å². The topological polar surface area (TPSA) is 90.0 Å². The van der Waals surface area contributed by atoms with E-state index in [1.165, 1.54) is 9.80 Å². The maximum atomic E-state index is 14.0. The number of amides is 4. The highest BCUT2D eigenvalue weighted by Crippen LogP contribution is 2.37. The summed E-state index contributed by atoms with van der Waals surface area (Å²) in [5, 5.41) is 8.46. The van der Waals surface area contributed by atoms with E-state index >= 15 is 0 Å². The molecule has 220 valence electrons. The smallest absolute Gasteiger partial charge is 0.262 e. The van der Waals surface area contributed by atoms with Gasteiger partial charge in [-0.25, -0.2) is 0 Å². The molecule has 2 aliphatic heterocycles. The predicted molar refractivity (Wildman–Crippen MR) is 170 cm³/mol. The van der Waals surface area contributed by atoms with Crippen molar-refractivity contribution in [1.29, 1.82) is 0 Å². The molecule has 0 bridgehead atoms. The number of nitrogens with one attached hydrogen (secondary N) is 1. The average molecular weight is 585 g/mol. The van der Waals surface area contributed by atoms with Gasteiger partial charge in [0, 0.05) is 33.0 Å². The number of hydrogen-bond acceptors (Lipinski definition) is 6. The fourth-order valence-electron chi connectivity index (χ4n) is 6.92. The summed E-state index contributed by atoms with van der Waals surface area (Å²) in [5.41, 5.74) is 1.98. The van der Waals surface area contributed by atoms with Crippen LogP contribution >= 0.6 is 0 Å². The molecule has 3 atom stereocenters. The third kappa shape index (κ3) is 3.98. The Bertz CT molecular complexity index is 2000. The first kappa shape index (κ1) is 27.9.